The number of halogens is 1. The van der Waals surface area contributed by atoms with Crippen LogP contribution >= 0.6 is 22.6 Å². The van der Waals surface area contributed by atoms with Crippen LogP contribution in [0.3, 0.4) is 0 Å². The number of ether oxygens (including phenoxy) is 1. The summed E-state index contributed by atoms with van der Waals surface area (Å²) in [6.45, 7) is 3.41. The van der Waals surface area contributed by atoms with Crippen LogP contribution in [0.2, 0.25) is 0 Å². The van der Waals surface area contributed by atoms with Crippen LogP contribution in [-0.4, -0.2) is 17.4 Å². The predicted octanol–water partition coefficient (Wildman–Crippen LogP) is 3.65. The summed E-state index contributed by atoms with van der Waals surface area (Å²) in [5.41, 5.74) is 0.814. The van der Waals surface area contributed by atoms with Crippen molar-refractivity contribution >= 4 is 45.8 Å². The summed E-state index contributed by atoms with van der Waals surface area (Å²) in [4.78, 5) is 24.2. The number of carbonyl (C=O) groups is 2. The second-order valence-electron chi connectivity index (χ2n) is 5.74. The van der Waals surface area contributed by atoms with E-state index in [0.717, 1.165) is 3.57 Å². The first-order valence-corrected chi connectivity index (χ1v) is 8.14. The van der Waals surface area contributed by atoms with Gasteiger partial charge >= 0.3 is 0 Å². The van der Waals surface area contributed by atoms with E-state index in [2.05, 4.69) is 33.2 Å². The normalized spacial score (nSPS) is 15.2. The molecule has 5 nitrogen and oxygen atoms in total. The van der Waals surface area contributed by atoms with Crippen molar-refractivity contribution in [1.29, 1.82) is 0 Å². The van der Waals surface area contributed by atoms with Gasteiger partial charge in [-0.1, -0.05) is 0 Å². The van der Waals surface area contributed by atoms with E-state index in [1.54, 1.807) is 44.2 Å². The molecule has 1 aliphatic heterocycles. The van der Waals surface area contributed by atoms with Crippen LogP contribution in [0.25, 0.3) is 0 Å². The molecule has 0 bridgehead atoms. The maximum Gasteiger partial charge on any atom is 0.268 e. The highest BCUT2D eigenvalue weighted by atomic mass is 127. The first-order chi connectivity index (χ1) is 10.8. The fourth-order valence-corrected chi connectivity index (χ4v) is 2.55. The molecule has 6 heteroatoms. The number of rotatable bonds is 2. The Bertz CT molecular complexity index is 785. The fourth-order valence-electron chi connectivity index (χ4n) is 2.19. The highest BCUT2D eigenvalue weighted by Crippen LogP contribution is 2.35. The van der Waals surface area contributed by atoms with Gasteiger partial charge in [-0.15, -0.1) is 0 Å². The van der Waals surface area contributed by atoms with Gasteiger partial charge in [0.05, 0.1) is 5.69 Å². The molecule has 0 radical (unpaired) electrons. The van der Waals surface area contributed by atoms with Gasteiger partial charge in [-0.05, 0) is 78.9 Å². The van der Waals surface area contributed by atoms with Gasteiger partial charge < -0.3 is 15.4 Å². The molecule has 0 saturated heterocycles. The molecule has 0 aromatic heterocycles. The first-order valence-electron chi connectivity index (χ1n) is 7.06. The molecule has 0 saturated carbocycles. The van der Waals surface area contributed by atoms with Gasteiger partial charge in [0, 0.05) is 14.8 Å². The van der Waals surface area contributed by atoms with Crippen molar-refractivity contribution < 1.29 is 14.3 Å². The van der Waals surface area contributed by atoms with Crippen molar-refractivity contribution in [1.82, 2.24) is 0 Å². The van der Waals surface area contributed by atoms with Crippen molar-refractivity contribution in [3.63, 3.8) is 0 Å². The third kappa shape index (κ3) is 3.31. The van der Waals surface area contributed by atoms with E-state index in [0.29, 0.717) is 22.7 Å². The van der Waals surface area contributed by atoms with Gasteiger partial charge in [-0.2, -0.15) is 0 Å². The molecule has 0 spiro atoms. The quantitative estimate of drug-likeness (QED) is 0.727. The number of hydrogen-bond donors (Lipinski definition) is 2. The van der Waals surface area contributed by atoms with Gasteiger partial charge in [-0.25, -0.2) is 0 Å². The Hall–Kier alpha value is -2.09. The number of benzene rings is 2. The first kappa shape index (κ1) is 15.8. The summed E-state index contributed by atoms with van der Waals surface area (Å²) in [5.74, 6) is 0.165. The Morgan fingerprint density at radius 3 is 2.57 bits per heavy atom. The van der Waals surface area contributed by atoms with Crippen LogP contribution in [0.4, 0.5) is 11.4 Å². The zero-order valence-corrected chi connectivity index (χ0v) is 14.8. The zero-order valence-electron chi connectivity index (χ0n) is 12.6. The van der Waals surface area contributed by atoms with Crippen molar-refractivity contribution in [2.24, 2.45) is 0 Å². The molecule has 23 heavy (non-hydrogen) atoms. The fraction of sp³-hybridized carbons (Fsp3) is 0.176. The van der Waals surface area contributed by atoms with Crippen LogP contribution in [0.5, 0.6) is 5.75 Å². The van der Waals surface area contributed by atoms with Crippen molar-refractivity contribution in [3.8, 4) is 5.75 Å². The maximum atomic E-state index is 12.2. The van der Waals surface area contributed by atoms with Gasteiger partial charge in [0.1, 0.15) is 5.75 Å². The summed E-state index contributed by atoms with van der Waals surface area (Å²) in [6.07, 6.45) is 0. The van der Waals surface area contributed by atoms with Crippen molar-refractivity contribution in [2.75, 3.05) is 10.6 Å². The molecule has 0 unspecified atom stereocenters. The number of anilines is 2. The molecule has 1 heterocycles. The molecule has 3 rings (SSSR count). The third-order valence-electron chi connectivity index (χ3n) is 3.50. The lowest BCUT2D eigenvalue weighted by atomic mass is 10.1. The molecule has 0 atom stereocenters. The Morgan fingerprint density at radius 1 is 1.17 bits per heavy atom. The average Bonchev–Trinajstić information content (AvgIpc) is 2.49. The minimum absolute atomic E-state index is 0.204. The van der Waals surface area contributed by atoms with Crippen LogP contribution in [0, 0.1) is 3.57 Å². The minimum Gasteiger partial charge on any atom is -0.476 e. The summed E-state index contributed by atoms with van der Waals surface area (Å²) in [5, 5.41) is 5.61. The summed E-state index contributed by atoms with van der Waals surface area (Å²) in [6, 6.07) is 12.5. The van der Waals surface area contributed by atoms with Gasteiger partial charge in [0.15, 0.2) is 5.60 Å². The maximum absolute atomic E-state index is 12.2. The largest absolute Gasteiger partial charge is 0.476 e. The van der Waals surface area contributed by atoms with E-state index in [1.165, 1.54) is 0 Å². The third-order valence-corrected chi connectivity index (χ3v) is 4.22. The Kier molecular flexibility index (Phi) is 4.01. The van der Waals surface area contributed by atoms with Gasteiger partial charge in [-0.3, -0.25) is 9.59 Å². The smallest absolute Gasteiger partial charge is 0.268 e. The summed E-state index contributed by atoms with van der Waals surface area (Å²) in [7, 11) is 0. The van der Waals surface area contributed by atoms with E-state index in [-0.39, 0.29) is 11.8 Å². The molecule has 0 aliphatic carbocycles. The van der Waals surface area contributed by atoms with Gasteiger partial charge in [0.2, 0.25) is 0 Å². The summed E-state index contributed by atoms with van der Waals surface area (Å²) >= 11 is 2.19. The van der Waals surface area contributed by atoms with Crippen LogP contribution in [-0.2, 0) is 4.79 Å². The average molecular weight is 422 g/mol. The molecule has 2 N–H and O–H groups in total. The molecule has 2 amide bonds. The number of amides is 2. The van der Waals surface area contributed by atoms with E-state index in [4.69, 9.17) is 4.74 Å². The molecular weight excluding hydrogens is 407 g/mol. The van der Waals surface area contributed by atoms with Crippen LogP contribution in [0.1, 0.15) is 24.2 Å². The Labute approximate surface area is 147 Å². The zero-order chi connectivity index (χ0) is 16.6. The van der Waals surface area contributed by atoms with Crippen LogP contribution in [0.15, 0.2) is 42.5 Å². The Balaban J connectivity index is 1.80. The lowest BCUT2D eigenvalue weighted by Gasteiger charge is -2.31. The van der Waals surface area contributed by atoms with E-state index >= 15 is 0 Å². The second-order valence-corrected chi connectivity index (χ2v) is 6.98. The predicted molar refractivity (Wildman–Crippen MR) is 96.9 cm³/mol. The second kappa shape index (κ2) is 5.84. The molecule has 118 valence electrons. The van der Waals surface area contributed by atoms with Gasteiger partial charge in [0.25, 0.3) is 11.8 Å². The SMILES string of the molecule is CC1(C)Oc2ccc(NC(=O)c3ccc(I)cc3)cc2NC1=O. The minimum atomic E-state index is -0.904. The Morgan fingerprint density at radius 2 is 1.87 bits per heavy atom. The highest BCUT2D eigenvalue weighted by molar-refractivity contribution is 14.1. The lowest BCUT2D eigenvalue weighted by Crippen LogP contribution is -2.45. The highest BCUT2D eigenvalue weighted by Gasteiger charge is 2.35. The number of fused-ring (bicyclic) bond motifs is 1. The van der Waals surface area contributed by atoms with Crippen LogP contribution < -0.4 is 15.4 Å². The monoisotopic (exact) mass is 422 g/mol. The van der Waals surface area contributed by atoms with E-state index in [9.17, 15) is 9.59 Å². The molecule has 2 aromatic carbocycles. The number of nitrogens with one attached hydrogen (secondary N) is 2. The molecule has 2 aromatic rings. The molecular formula is C17H15IN2O3. The number of carbonyl (C=O) groups excluding carboxylic acids is 2. The molecule has 0 fully saturated rings. The van der Waals surface area contributed by atoms with Crippen molar-refractivity contribution in [3.05, 3.63) is 51.6 Å². The van der Waals surface area contributed by atoms with Crippen molar-refractivity contribution in [2.45, 2.75) is 19.4 Å². The lowest BCUT2D eigenvalue weighted by molar-refractivity contribution is -0.129. The number of hydrogen-bond acceptors (Lipinski definition) is 3. The van der Waals surface area contributed by atoms with E-state index in [1.807, 2.05) is 12.1 Å². The molecule has 1 aliphatic rings. The van der Waals surface area contributed by atoms with E-state index < -0.39 is 5.60 Å². The topological polar surface area (TPSA) is 67.4 Å². The summed E-state index contributed by atoms with van der Waals surface area (Å²) < 4.78 is 6.73. The standard InChI is InChI=1S/C17H15IN2O3/c1-17(2)16(22)20-13-9-12(7-8-14(13)23-17)19-15(21)10-3-5-11(18)6-4-10/h3-9H,1-2H3,(H,19,21)(H,20,22).